The van der Waals surface area contributed by atoms with Crippen molar-refractivity contribution in [2.75, 3.05) is 18.6 Å². The number of fused-ring (bicyclic) bond motifs is 1. The van der Waals surface area contributed by atoms with Crippen LogP contribution in [0.1, 0.15) is 22.5 Å². The molecule has 1 fully saturated rings. The molecule has 7 heteroatoms. The molecule has 1 aliphatic rings. The Kier molecular flexibility index (Phi) is 4.26. The summed E-state index contributed by atoms with van der Waals surface area (Å²) in [6.45, 7) is 1.85. The number of hydrogen-bond donors (Lipinski definition) is 0. The van der Waals surface area contributed by atoms with Gasteiger partial charge in [-0.15, -0.1) is 0 Å². The Morgan fingerprint density at radius 1 is 1.22 bits per heavy atom. The largest absolute Gasteiger partial charge is 0.460 e. The highest BCUT2D eigenvalue weighted by atomic mass is 32.2. The molecule has 0 saturated carbocycles. The van der Waals surface area contributed by atoms with E-state index >= 15 is 0 Å². The van der Waals surface area contributed by atoms with Gasteiger partial charge in [-0.05, 0) is 37.6 Å². The van der Waals surface area contributed by atoms with Crippen molar-refractivity contribution in [3.8, 4) is 11.5 Å². The predicted molar refractivity (Wildman–Crippen MR) is 103 cm³/mol. The normalized spacial score (nSPS) is 18.7. The molecule has 0 bridgehead atoms. The third kappa shape index (κ3) is 3.35. The molecule has 3 aromatic rings. The summed E-state index contributed by atoms with van der Waals surface area (Å²) in [6.07, 6.45) is 0.470. The molecule has 3 heterocycles. The zero-order valence-corrected chi connectivity index (χ0v) is 16.0. The fraction of sp³-hybridized carbons (Fsp3) is 0.300. The fourth-order valence-electron chi connectivity index (χ4n) is 3.49. The molecule has 27 heavy (non-hydrogen) atoms. The SMILES string of the molecule is Cc1ccc(-c2cc(C(=O)N(C)C3CCS(=O)(=O)C3)c3ccccc3n2)o1. The summed E-state index contributed by atoms with van der Waals surface area (Å²) in [5.74, 6) is 1.30. The number of nitrogens with zero attached hydrogens (tertiary/aromatic N) is 2. The smallest absolute Gasteiger partial charge is 0.254 e. The zero-order chi connectivity index (χ0) is 19.2. The zero-order valence-electron chi connectivity index (χ0n) is 15.2. The van der Waals surface area contributed by atoms with Crippen molar-refractivity contribution in [3.63, 3.8) is 0 Å². The lowest BCUT2D eigenvalue weighted by atomic mass is 10.0. The Morgan fingerprint density at radius 2 is 2.00 bits per heavy atom. The van der Waals surface area contributed by atoms with Crippen molar-refractivity contribution in [2.45, 2.75) is 19.4 Å². The molecule has 1 saturated heterocycles. The van der Waals surface area contributed by atoms with E-state index in [4.69, 9.17) is 4.42 Å². The molecular formula is C20H20N2O4S. The van der Waals surface area contributed by atoms with E-state index in [-0.39, 0.29) is 23.5 Å². The number of para-hydroxylation sites is 1. The van der Waals surface area contributed by atoms with Crippen molar-refractivity contribution < 1.29 is 17.6 Å². The number of benzene rings is 1. The first-order valence-corrected chi connectivity index (χ1v) is 10.6. The molecule has 140 valence electrons. The van der Waals surface area contributed by atoms with E-state index in [1.165, 1.54) is 0 Å². The van der Waals surface area contributed by atoms with Crippen LogP contribution in [-0.2, 0) is 9.84 Å². The van der Waals surface area contributed by atoms with Crippen LogP contribution in [0.5, 0.6) is 0 Å². The Balaban J connectivity index is 1.79. The van der Waals surface area contributed by atoms with Gasteiger partial charge in [0.2, 0.25) is 0 Å². The van der Waals surface area contributed by atoms with Crippen LogP contribution in [0, 0.1) is 6.92 Å². The van der Waals surface area contributed by atoms with Gasteiger partial charge in [0, 0.05) is 18.5 Å². The summed E-state index contributed by atoms with van der Waals surface area (Å²) in [5, 5.41) is 0.738. The van der Waals surface area contributed by atoms with Crippen LogP contribution >= 0.6 is 0 Å². The van der Waals surface area contributed by atoms with E-state index in [9.17, 15) is 13.2 Å². The van der Waals surface area contributed by atoms with Gasteiger partial charge in [0.05, 0.1) is 22.6 Å². The second kappa shape index (κ2) is 6.49. The minimum absolute atomic E-state index is 0.0164. The second-order valence-electron chi connectivity index (χ2n) is 6.96. The molecule has 0 aliphatic carbocycles. The number of carbonyl (C=O) groups excluding carboxylic acids is 1. The van der Waals surface area contributed by atoms with E-state index < -0.39 is 9.84 Å². The Bertz CT molecular complexity index is 1130. The number of hydrogen-bond acceptors (Lipinski definition) is 5. The number of aromatic nitrogens is 1. The number of carbonyl (C=O) groups is 1. The van der Waals surface area contributed by atoms with E-state index in [0.717, 1.165) is 11.1 Å². The monoisotopic (exact) mass is 384 g/mol. The summed E-state index contributed by atoms with van der Waals surface area (Å²) < 4.78 is 29.3. The average molecular weight is 384 g/mol. The number of sulfone groups is 1. The van der Waals surface area contributed by atoms with Gasteiger partial charge in [0.1, 0.15) is 11.5 Å². The lowest BCUT2D eigenvalue weighted by Gasteiger charge is -2.24. The molecular weight excluding hydrogens is 364 g/mol. The fourth-order valence-corrected chi connectivity index (χ4v) is 5.26. The predicted octanol–water partition coefficient (Wildman–Crippen LogP) is 3.06. The standard InChI is InChI=1S/C20H20N2O4S/c1-13-7-8-19(26-13)18-11-16(15-5-3-4-6-17(15)21-18)20(23)22(2)14-9-10-27(24,25)12-14/h3-8,11,14H,9-10,12H2,1-2H3. The van der Waals surface area contributed by atoms with Crippen molar-refractivity contribution in [1.82, 2.24) is 9.88 Å². The van der Waals surface area contributed by atoms with Crippen molar-refractivity contribution in [2.24, 2.45) is 0 Å². The number of pyridine rings is 1. The van der Waals surface area contributed by atoms with Gasteiger partial charge in [0.25, 0.3) is 5.91 Å². The number of aryl methyl sites for hydroxylation is 1. The highest BCUT2D eigenvalue weighted by molar-refractivity contribution is 7.91. The van der Waals surface area contributed by atoms with Gasteiger partial charge in [-0.25, -0.2) is 13.4 Å². The van der Waals surface area contributed by atoms with Gasteiger partial charge in [-0.1, -0.05) is 18.2 Å². The van der Waals surface area contributed by atoms with Crippen LogP contribution in [-0.4, -0.2) is 48.8 Å². The van der Waals surface area contributed by atoms with Crippen LogP contribution in [0.3, 0.4) is 0 Å². The summed E-state index contributed by atoms with van der Waals surface area (Å²) in [5.41, 5.74) is 1.77. The molecule has 1 unspecified atom stereocenters. The first kappa shape index (κ1) is 17.7. The van der Waals surface area contributed by atoms with E-state index in [1.807, 2.05) is 43.3 Å². The maximum atomic E-state index is 13.2. The molecule has 0 spiro atoms. The summed E-state index contributed by atoms with van der Waals surface area (Å²) in [6, 6.07) is 12.5. The highest BCUT2D eigenvalue weighted by Crippen LogP contribution is 2.28. The first-order chi connectivity index (χ1) is 12.8. The van der Waals surface area contributed by atoms with Crippen molar-refractivity contribution in [1.29, 1.82) is 0 Å². The second-order valence-corrected chi connectivity index (χ2v) is 9.18. The van der Waals surface area contributed by atoms with E-state index in [2.05, 4.69) is 4.98 Å². The van der Waals surface area contributed by atoms with Crippen LogP contribution < -0.4 is 0 Å². The Labute approximate surface area is 157 Å². The van der Waals surface area contributed by atoms with Gasteiger partial charge in [0.15, 0.2) is 15.6 Å². The third-order valence-electron chi connectivity index (χ3n) is 5.02. The van der Waals surface area contributed by atoms with Crippen molar-refractivity contribution in [3.05, 3.63) is 53.8 Å². The molecule has 4 rings (SSSR count). The summed E-state index contributed by atoms with van der Waals surface area (Å²) in [7, 11) is -1.40. The lowest BCUT2D eigenvalue weighted by molar-refractivity contribution is 0.0749. The summed E-state index contributed by atoms with van der Waals surface area (Å²) in [4.78, 5) is 19.4. The topological polar surface area (TPSA) is 80.5 Å². The third-order valence-corrected chi connectivity index (χ3v) is 6.77. The maximum absolute atomic E-state index is 13.2. The number of amides is 1. The molecule has 6 nitrogen and oxygen atoms in total. The molecule has 1 aromatic carbocycles. The highest BCUT2D eigenvalue weighted by Gasteiger charge is 2.33. The van der Waals surface area contributed by atoms with Gasteiger partial charge < -0.3 is 9.32 Å². The van der Waals surface area contributed by atoms with E-state index in [1.54, 1.807) is 18.0 Å². The molecule has 2 aromatic heterocycles. The van der Waals surface area contributed by atoms with Crippen LogP contribution in [0.4, 0.5) is 0 Å². The molecule has 0 N–H and O–H groups in total. The van der Waals surface area contributed by atoms with E-state index in [0.29, 0.717) is 29.0 Å². The van der Waals surface area contributed by atoms with Gasteiger partial charge in [-0.2, -0.15) is 0 Å². The molecule has 1 amide bonds. The number of furan rings is 1. The lowest BCUT2D eigenvalue weighted by Crippen LogP contribution is -2.38. The minimum Gasteiger partial charge on any atom is -0.460 e. The van der Waals surface area contributed by atoms with Crippen LogP contribution in [0.15, 0.2) is 46.9 Å². The van der Waals surface area contributed by atoms with Gasteiger partial charge in [-0.3, -0.25) is 4.79 Å². The van der Waals surface area contributed by atoms with Crippen LogP contribution in [0.25, 0.3) is 22.4 Å². The first-order valence-electron chi connectivity index (χ1n) is 8.78. The molecule has 1 atom stereocenters. The molecule has 0 radical (unpaired) electrons. The minimum atomic E-state index is -3.07. The van der Waals surface area contributed by atoms with Crippen molar-refractivity contribution >= 4 is 26.6 Å². The average Bonchev–Trinajstić information content (AvgIpc) is 3.24. The Hall–Kier alpha value is -2.67. The quantitative estimate of drug-likeness (QED) is 0.693. The summed E-state index contributed by atoms with van der Waals surface area (Å²) >= 11 is 0. The number of rotatable bonds is 3. The van der Waals surface area contributed by atoms with Gasteiger partial charge >= 0.3 is 0 Å². The van der Waals surface area contributed by atoms with Crippen LogP contribution in [0.2, 0.25) is 0 Å². The maximum Gasteiger partial charge on any atom is 0.254 e. The Morgan fingerprint density at radius 3 is 2.67 bits per heavy atom. The molecule has 1 aliphatic heterocycles.